The van der Waals surface area contributed by atoms with Crippen LogP contribution in [0.4, 0.5) is 0 Å². The Morgan fingerprint density at radius 2 is 1.60 bits per heavy atom. The van der Waals surface area contributed by atoms with Crippen LogP contribution in [0.15, 0.2) is 0 Å². The minimum absolute atomic E-state index is 0.0463. The van der Waals surface area contributed by atoms with Gasteiger partial charge in [0, 0.05) is 5.92 Å². The maximum atomic E-state index is 8.87. The van der Waals surface area contributed by atoms with Crippen LogP contribution in [-0.4, -0.2) is 16.5 Å². The summed E-state index contributed by atoms with van der Waals surface area (Å²) in [5, 5.41) is 17.7. The van der Waals surface area contributed by atoms with Crippen molar-refractivity contribution in [2.24, 2.45) is 11.8 Å². The molecule has 2 atom stereocenters. The molecule has 2 N–H and O–H groups in total. The molecule has 0 bridgehead atoms. The second-order valence-electron chi connectivity index (χ2n) is 2.87. The topological polar surface area (TPSA) is 40.5 Å². The van der Waals surface area contributed by atoms with Crippen LogP contribution in [0.1, 0.15) is 33.6 Å². The lowest BCUT2D eigenvalue weighted by atomic mass is 9.89. The third-order valence-electron chi connectivity index (χ3n) is 2.23. The van der Waals surface area contributed by atoms with Crippen LogP contribution >= 0.6 is 0 Å². The van der Waals surface area contributed by atoms with Crippen LogP contribution < -0.4 is 0 Å². The first-order valence-corrected chi connectivity index (χ1v) is 3.99. The van der Waals surface area contributed by atoms with Gasteiger partial charge in [-0.05, 0) is 12.3 Å². The summed E-state index contributed by atoms with van der Waals surface area (Å²) in [7, 11) is 0. The molecule has 62 valence electrons. The van der Waals surface area contributed by atoms with Crippen LogP contribution in [0, 0.1) is 11.8 Å². The summed E-state index contributed by atoms with van der Waals surface area (Å²) in [4.78, 5) is 0. The van der Waals surface area contributed by atoms with E-state index in [0.29, 0.717) is 5.92 Å². The van der Waals surface area contributed by atoms with Crippen LogP contribution in [0.25, 0.3) is 0 Å². The monoisotopic (exact) mass is 146 g/mol. The van der Waals surface area contributed by atoms with E-state index in [-0.39, 0.29) is 5.92 Å². The van der Waals surface area contributed by atoms with Gasteiger partial charge < -0.3 is 10.2 Å². The van der Waals surface area contributed by atoms with Crippen molar-refractivity contribution in [2.75, 3.05) is 0 Å². The molecule has 0 radical (unpaired) electrons. The molecular weight excluding hydrogens is 128 g/mol. The highest BCUT2D eigenvalue weighted by Gasteiger charge is 2.19. The normalized spacial score (nSPS) is 17.4. The van der Waals surface area contributed by atoms with Crippen LogP contribution in [0.2, 0.25) is 0 Å². The molecule has 2 unspecified atom stereocenters. The number of aliphatic hydroxyl groups is 2. The number of rotatable bonds is 4. The summed E-state index contributed by atoms with van der Waals surface area (Å²) in [6, 6.07) is 0. The van der Waals surface area contributed by atoms with E-state index in [2.05, 4.69) is 6.92 Å². The Balaban J connectivity index is 3.80. The van der Waals surface area contributed by atoms with Crippen molar-refractivity contribution in [1.82, 2.24) is 0 Å². The molecule has 0 aliphatic rings. The SMILES string of the molecule is CCC(C)C(CC)C(O)O. The molecular formula is C8H18O2. The van der Waals surface area contributed by atoms with Crippen molar-refractivity contribution < 1.29 is 10.2 Å². The summed E-state index contributed by atoms with van der Waals surface area (Å²) < 4.78 is 0. The van der Waals surface area contributed by atoms with Gasteiger partial charge in [-0.15, -0.1) is 0 Å². The summed E-state index contributed by atoms with van der Waals surface area (Å²) in [6.45, 7) is 6.10. The molecule has 2 nitrogen and oxygen atoms in total. The van der Waals surface area contributed by atoms with Crippen molar-refractivity contribution >= 4 is 0 Å². The molecule has 0 aromatic heterocycles. The second-order valence-corrected chi connectivity index (χ2v) is 2.87. The Bertz CT molecular complexity index is 81.3. The largest absolute Gasteiger partial charge is 0.368 e. The lowest BCUT2D eigenvalue weighted by Gasteiger charge is -2.22. The molecule has 0 spiro atoms. The highest BCUT2D eigenvalue weighted by molar-refractivity contribution is 4.64. The number of hydrogen-bond donors (Lipinski definition) is 2. The van der Waals surface area contributed by atoms with Crippen molar-refractivity contribution in [3.63, 3.8) is 0 Å². The molecule has 0 aromatic carbocycles. The van der Waals surface area contributed by atoms with Crippen molar-refractivity contribution in [3.05, 3.63) is 0 Å². The Morgan fingerprint density at radius 3 is 1.70 bits per heavy atom. The molecule has 0 saturated heterocycles. The minimum atomic E-state index is -1.14. The first-order valence-electron chi connectivity index (χ1n) is 3.99. The molecule has 2 heteroatoms. The fourth-order valence-corrected chi connectivity index (χ4v) is 1.21. The maximum absolute atomic E-state index is 8.87. The van der Waals surface area contributed by atoms with Crippen molar-refractivity contribution in [1.29, 1.82) is 0 Å². The number of aliphatic hydroxyl groups excluding tert-OH is 1. The van der Waals surface area contributed by atoms with Gasteiger partial charge in [0.1, 0.15) is 0 Å². The Labute approximate surface area is 62.9 Å². The molecule has 0 fully saturated rings. The van der Waals surface area contributed by atoms with Gasteiger partial charge in [0.15, 0.2) is 6.29 Å². The van der Waals surface area contributed by atoms with Gasteiger partial charge in [-0.25, -0.2) is 0 Å². The fraction of sp³-hybridized carbons (Fsp3) is 1.00. The van der Waals surface area contributed by atoms with Gasteiger partial charge in [0.2, 0.25) is 0 Å². The summed E-state index contributed by atoms with van der Waals surface area (Å²) in [5.41, 5.74) is 0. The molecule has 0 rings (SSSR count). The van der Waals surface area contributed by atoms with Crippen LogP contribution in [0.5, 0.6) is 0 Å². The van der Waals surface area contributed by atoms with Gasteiger partial charge in [-0.1, -0.05) is 27.2 Å². The second kappa shape index (κ2) is 4.69. The van der Waals surface area contributed by atoms with Gasteiger partial charge in [-0.2, -0.15) is 0 Å². The van der Waals surface area contributed by atoms with Gasteiger partial charge in [0.25, 0.3) is 0 Å². The molecule has 0 heterocycles. The molecule has 10 heavy (non-hydrogen) atoms. The summed E-state index contributed by atoms with van der Waals surface area (Å²) in [5.74, 6) is 0.454. The Hall–Kier alpha value is -0.0800. The minimum Gasteiger partial charge on any atom is -0.368 e. The quantitative estimate of drug-likeness (QED) is 0.588. The average Bonchev–Trinajstić information content (AvgIpc) is 1.88. The third-order valence-corrected chi connectivity index (χ3v) is 2.23. The van der Waals surface area contributed by atoms with E-state index in [1.54, 1.807) is 0 Å². The predicted molar refractivity (Wildman–Crippen MR) is 41.5 cm³/mol. The Morgan fingerprint density at radius 1 is 1.10 bits per heavy atom. The van der Waals surface area contributed by atoms with Gasteiger partial charge >= 0.3 is 0 Å². The van der Waals surface area contributed by atoms with E-state index < -0.39 is 6.29 Å². The molecule has 0 saturated carbocycles. The number of hydrogen-bond acceptors (Lipinski definition) is 2. The lowest BCUT2D eigenvalue weighted by Crippen LogP contribution is -2.24. The smallest absolute Gasteiger partial charge is 0.154 e. The van der Waals surface area contributed by atoms with Gasteiger partial charge in [-0.3, -0.25) is 0 Å². The van der Waals surface area contributed by atoms with Crippen LogP contribution in [-0.2, 0) is 0 Å². The van der Waals surface area contributed by atoms with E-state index in [1.165, 1.54) is 0 Å². The van der Waals surface area contributed by atoms with E-state index in [1.807, 2.05) is 13.8 Å². The fourth-order valence-electron chi connectivity index (χ4n) is 1.21. The first-order chi connectivity index (χ1) is 4.63. The predicted octanol–water partition coefficient (Wildman–Crippen LogP) is 1.37. The van der Waals surface area contributed by atoms with E-state index in [0.717, 1.165) is 12.8 Å². The third kappa shape index (κ3) is 2.67. The van der Waals surface area contributed by atoms with Crippen LogP contribution in [0.3, 0.4) is 0 Å². The molecule has 0 aliphatic carbocycles. The zero-order valence-corrected chi connectivity index (χ0v) is 7.04. The lowest BCUT2D eigenvalue weighted by molar-refractivity contribution is -0.0996. The molecule has 0 aromatic rings. The zero-order valence-electron chi connectivity index (χ0n) is 7.04. The standard InChI is InChI=1S/C8H18O2/c1-4-6(3)7(5-2)8(9)10/h6-10H,4-5H2,1-3H3. The van der Waals surface area contributed by atoms with E-state index in [4.69, 9.17) is 10.2 Å². The maximum Gasteiger partial charge on any atom is 0.154 e. The highest BCUT2D eigenvalue weighted by Crippen LogP contribution is 2.20. The zero-order chi connectivity index (χ0) is 8.15. The van der Waals surface area contributed by atoms with E-state index >= 15 is 0 Å². The van der Waals surface area contributed by atoms with Gasteiger partial charge in [0.05, 0.1) is 0 Å². The molecule has 0 amide bonds. The first kappa shape index (κ1) is 9.92. The molecule has 0 aliphatic heterocycles. The summed E-state index contributed by atoms with van der Waals surface area (Å²) in [6.07, 6.45) is 0.711. The Kier molecular flexibility index (Phi) is 4.65. The van der Waals surface area contributed by atoms with E-state index in [9.17, 15) is 0 Å². The summed E-state index contributed by atoms with van der Waals surface area (Å²) >= 11 is 0. The average molecular weight is 146 g/mol. The highest BCUT2D eigenvalue weighted by atomic mass is 16.5. The van der Waals surface area contributed by atoms with Crippen molar-refractivity contribution in [3.8, 4) is 0 Å². The van der Waals surface area contributed by atoms with Crippen molar-refractivity contribution in [2.45, 2.75) is 39.9 Å².